The van der Waals surface area contributed by atoms with Crippen LogP contribution in [0.1, 0.15) is 12.5 Å². The number of carbonyl (C=O) groups excluding carboxylic acids is 1. The van der Waals surface area contributed by atoms with Gasteiger partial charge in [0.05, 0.1) is 21.3 Å². The lowest BCUT2D eigenvalue weighted by atomic mass is 10.1. The van der Waals surface area contributed by atoms with E-state index in [2.05, 4.69) is 10.6 Å². The van der Waals surface area contributed by atoms with E-state index in [9.17, 15) is 4.79 Å². The summed E-state index contributed by atoms with van der Waals surface area (Å²) >= 11 is 0. The first-order valence-electron chi connectivity index (χ1n) is 6.78. The van der Waals surface area contributed by atoms with Gasteiger partial charge in [0.2, 0.25) is 11.7 Å². The molecule has 1 aromatic rings. The molecule has 0 aromatic heterocycles. The predicted molar refractivity (Wildman–Crippen MR) is 81.0 cm³/mol. The van der Waals surface area contributed by atoms with E-state index in [1.165, 1.54) is 0 Å². The molecule has 2 N–H and O–H groups in total. The number of hydrogen-bond acceptors (Lipinski definition) is 5. The molecule has 6 heteroatoms. The number of rotatable bonds is 8. The zero-order chi connectivity index (χ0) is 15.8. The summed E-state index contributed by atoms with van der Waals surface area (Å²) in [5.74, 6) is 1.60. The summed E-state index contributed by atoms with van der Waals surface area (Å²) in [7, 11) is 6.51. The van der Waals surface area contributed by atoms with Gasteiger partial charge >= 0.3 is 0 Å². The quantitative estimate of drug-likeness (QED) is 0.754. The van der Waals surface area contributed by atoms with Gasteiger partial charge in [-0.25, -0.2) is 0 Å². The van der Waals surface area contributed by atoms with Crippen LogP contribution in [0.3, 0.4) is 0 Å². The maximum atomic E-state index is 11.9. The van der Waals surface area contributed by atoms with Crippen LogP contribution in [0.5, 0.6) is 17.2 Å². The molecule has 1 atom stereocenters. The first-order chi connectivity index (χ1) is 10.1. The van der Waals surface area contributed by atoms with Crippen LogP contribution in [-0.4, -0.2) is 40.8 Å². The molecule has 0 heterocycles. The normalized spacial score (nSPS) is 11.7. The molecule has 0 aliphatic heterocycles. The molecule has 0 bridgehead atoms. The summed E-state index contributed by atoms with van der Waals surface area (Å²) in [5, 5.41) is 5.87. The Morgan fingerprint density at radius 1 is 1.14 bits per heavy atom. The number of amides is 1. The van der Waals surface area contributed by atoms with Gasteiger partial charge in [-0.2, -0.15) is 0 Å². The van der Waals surface area contributed by atoms with E-state index in [1.54, 1.807) is 21.3 Å². The van der Waals surface area contributed by atoms with Gasteiger partial charge < -0.3 is 24.8 Å². The Labute approximate surface area is 125 Å². The Bertz CT molecular complexity index is 452. The number of nitrogens with one attached hydrogen (secondary N) is 2. The van der Waals surface area contributed by atoms with Gasteiger partial charge in [0.25, 0.3) is 0 Å². The second-order valence-electron chi connectivity index (χ2n) is 4.71. The van der Waals surface area contributed by atoms with E-state index in [4.69, 9.17) is 14.2 Å². The van der Waals surface area contributed by atoms with Crippen LogP contribution in [-0.2, 0) is 11.3 Å². The topological polar surface area (TPSA) is 68.8 Å². The van der Waals surface area contributed by atoms with Crippen LogP contribution in [0, 0.1) is 5.92 Å². The van der Waals surface area contributed by atoms with Gasteiger partial charge in [0.15, 0.2) is 11.5 Å². The minimum absolute atomic E-state index is 0.00176. The molecule has 1 unspecified atom stereocenters. The Kier molecular flexibility index (Phi) is 6.81. The van der Waals surface area contributed by atoms with Crippen molar-refractivity contribution in [3.05, 3.63) is 17.7 Å². The summed E-state index contributed by atoms with van der Waals surface area (Å²) in [6.07, 6.45) is 0. The Morgan fingerprint density at radius 2 is 1.71 bits per heavy atom. The summed E-state index contributed by atoms with van der Waals surface area (Å²) < 4.78 is 15.8. The minimum atomic E-state index is -0.0861. The van der Waals surface area contributed by atoms with E-state index < -0.39 is 0 Å². The fourth-order valence-electron chi connectivity index (χ4n) is 2.00. The largest absolute Gasteiger partial charge is 0.493 e. The van der Waals surface area contributed by atoms with Gasteiger partial charge in [-0.05, 0) is 24.7 Å². The van der Waals surface area contributed by atoms with Gasteiger partial charge in [-0.15, -0.1) is 0 Å². The van der Waals surface area contributed by atoms with E-state index in [1.807, 2.05) is 26.1 Å². The Hall–Kier alpha value is -1.95. The van der Waals surface area contributed by atoms with Crippen molar-refractivity contribution in [2.75, 3.05) is 34.9 Å². The van der Waals surface area contributed by atoms with Crippen molar-refractivity contribution in [2.24, 2.45) is 5.92 Å². The summed E-state index contributed by atoms with van der Waals surface area (Å²) in [6.45, 7) is 2.92. The molecule has 0 spiro atoms. The first kappa shape index (κ1) is 17.1. The molecule has 0 saturated carbocycles. The molecule has 1 amide bonds. The highest BCUT2D eigenvalue weighted by atomic mass is 16.5. The maximum Gasteiger partial charge on any atom is 0.224 e. The molecule has 0 aliphatic rings. The number of ether oxygens (including phenoxy) is 3. The van der Waals surface area contributed by atoms with E-state index in [0.717, 1.165) is 5.56 Å². The van der Waals surface area contributed by atoms with Crippen molar-refractivity contribution in [1.82, 2.24) is 10.6 Å². The molecule has 0 aliphatic carbocycles. The zero-order valence-corrected chi connectivity index (χ0v) is 13.3. The van der Waals surface area contributed by atoms with Crippen molar-refractivity contribution >= 4 is 5.91 Å². The van der Waals surface area contributed by atoms with Crippen LogP contribution in [0.4, 0.5) is 0 Å². The number of carbonyl (C=O) groups is 1. The fourth-order valence-corrected chi connectivity index (χ4v) is 2.00. The van der Waals surface area contributed by atoms with Gasteiger partial charge in [-0.1, -0.05) is 6.92 Å². The van der Waals surface area contributed by atoms with Crippen LogP contribution in [0.2, 0.25) is 0 Å². The lowest BCUT2D eigenvalue weighted by Crippen LogP contribution is -2.33. The third-order valence-electron chi connectivity index (χ3n) is 3.15. The lowest BCUT2D eigenvalue weighted by molar-refractivity contribution is -0.124. The predicted octanol–water partition coefficient (Wildman–Crippen LogP) is 1.18. The molecule has 1 rings (SSSR count). The Morgan fingerprint density at radius 3 is 2.14 bits per heavy atom. The Balaban J connectivity index is 2.82. The smallest absolute Gasteiger partial charge is 0.224 e. The van der Waals surface area contributed by atoms with Gasteiger partial charge in [0, 0.05) is 19.0 Å². The summed E-state index contributed by atoms with van der Waals surface area (Å²) in [6, 6.07) is 3.65. The SMILES string of the molecule is CNCC(C)C(=O)NCc1cc(OC)c(OC)c(OC)c1. The van der Waals surface area contributed by atoms with Crippen molar-refractivity contribution < 1.29 is 19.0 Å². The van der Waals surface area contributed by atoms with E-state index in [-0.39, 0.29) is 11.8 Å². The average Bonchev–Trinajstić information content (AvgIpc) is 2.51. The number of hydrogen-bond donors (Lipinski definition) is 2. The highest BCUT2D eigenvalue weighted by Gasteiger charge is 2.15. The fraction of sp³-hybridized carbons (Fsp3) is 0.533. The van der Waals surface area contributed by atoms with Crippen LogP contribution in [0.25, 0.3) is 0 Å². The number of benzene rings is 1. The molecule has 0 radical (unpaired) electrons. The summed E-state index contributed by atoms with van der Waals surface area (Å²) in [4.78, 5) is 11.9. The highest BCUT2D eigenvalue weighted by molar-refractivity contribution is 5.78. The molecule has 0 saturated heterocycles. The van der Waals surface area contributed by atoms with E-state index >= 15 is 0 Å². The molecular formula is C15H24N2O4. The molecule has 1 aromatic carbocycles. The third kappa shape index (κ3) is 4.53. The average molecular weight is 296 g/mol. The van der Waals surface area contributed by atoms with Crippen molar-refractivity contribution in [2.45, 2.75) is 13.5 Å². The van der Waals surface area contributed by atoms with Gasteiger partial charge in [0.1, 0.15) is 0 Å². The molecule has 0 fully saturated rings. The van der Waals surface area contributed by atoms with Crippen LogP contribution in [0.15, 0.2) is 12.1 Å². The van der Waals surface area contributed by atoms with Crippen molar-refractivity contribution in [3.63, 3.8) is 0 Å². The minimum Gasteiger partial charge on any atom is -0.493 e. The second kappa shape index (κ2) is 8.36. The van der Waals surface area contributed by atoms with Gasteiger partial charge in [-0.3, -0.25) is 4.79 Å². The third-order valence-corrected chi connectivity index (χ3v) is 3.15. The molecular weight excluding hydrogens is 272 g/mol. The first-order valence-corrected chi connectivity index (χ1v) is 6.78. The van der Waals surface area contributed by atoms with Crippen LogP contribution < -0.4 is 24.8 Å². The number of methoxy groups -OCH3 is 3. The molecule has 118 valence electrons. The lowest BCUT2D eigenvalue weighted by Gasteiger charge is -2.15. The standard InChI is InChI=1S/C15H24N2O4/c1-10(8-16-2)15(18)17-9-11-6-12(19-3)14(21-5)13(7-11)20-4/h6-7,10,16H,8-9H2,1-5H3,(H,17,18). The van der Waals surface area contributed by atoms with Crippen LogP contribution >= 0.6 is 0 Å². The maximum absolute atomic E-state index is 11.9. The molecule has 21 heavy (non-hydrogen) atoms. The molecule has 6 nitrogen and oxygen atoms in total. The second-order valence-corrected chi connectivity index (χ2v) is 4.71. The highest BCUT2D eigenvalue weighted by Crippen LogP contribution is 2.38. The summed E-state index contributed by atoms with van der Waals surface area (Å²) in [5.41, 5.74) is 0.884. The monoisotopic (exact) mass is 296 g/mol. The zero-order valence-electron chi connectivity index (χ0n) is 13.3. The van der Waals surface area contributed by atoms with Crippen molar-refractivity contribution in [3.8, 4) is 17.2 Å². The van der Waals surface area contributed by atoms with E-state index in [0.29, 0.717) is 30.3 Å². The van der Waals surface area contributed by atoms with Crippen molar-refractivity contribution in [1.29, 1.82) is 0 Å².